The molecule has 3 nitrogen and oxygen atoms in total. The van der Waals surface area contributed by atoms with Crippen molar-refractivity contribution in [3.05, 3.63) is 49.0 Å². The maximum Gasteiger partial charge on any atom is 0.119 e. The lowest BCUT2D eigenvalue weighted by Crippen LogP contribution is -2.29. The van der Waals surface area contributed by atoms with Crippen LogP contribution in [0.4, 0.5) is 0 Å². The maximum atomic E-state index is 5.71. The summed E-state index contributed by atoms with van der Waals surface area (Å²) in [5, 5.41) is 2.06. The van der Waals surface area contributed by atoms with Gasteiger partial charge in [0.25, 0.3) is 0 Å². The first kappa shape index (κ1) is 15.0. The number of thiophene rings is 1. The van der Waals surface area contributed by atoms with Gasteiger partial charge in [-0.1, -0.05) is 15.9 Å². The van der Waals surface area contributed by atoms with E-state index in [1.54, 1.807) is 18.4 Å². The molecule has 2 rings (SSSR count). The van der Waals surface area contributed by atoms with Crippen LogP contribution in [0.3, 0.4) is 0 Å². The molecule has 1 heterocycles. The summed E-state index contributed by atoms with van der Waals surface area (Å²) in [5.74, 6) is 6.53. The number of nitrogens with two attached hydrogens (primary N) is 1. The average Bonchev–Trinajstić information content (AvgIpc) is 2.82. The van der Waals surface area contributed by atoms with E-state index in [0.29, 0.717) is 0 Å². The van der Waals surface area contributed by atoms with Gasteiger partial charge in [0, 0.05) is 20.2 Å². The minimum Gasteiger partial charge on any atom is -0.497 e. The molecule has 0 bridgehead atoms. The van der Waals surface area contributed by atoms with Crippen molar-refractivity contribution in [1.29, 1.82) is 0 Å². The van der Waals surface area contributed by atoms with E-state index in [1.807, 2.05) is 24.3 Å². The zero-order chi connectivity index (χ0) is 13.8. The molecule has 3 N–H and O–H groups in total. The molecule has 1 aromatic heterocycles. The summed E-state index contributed by atoms with van der Waals surface area (Å²) in [4.78, 5) is 1.26. The predicted molar refractivity (Wildman–Crippen MR) is 86.5 cm³/mol. The van der Waals surface area contributed by atoms with E-state index in [9.17, 15) is 0 Å². The topological polar surface area (TPSA) is 47.3 Å². The van der Waals surface area contributed by atoms with Gasteiger partial charge in [0.2, 0.25) is 0 Å². The van der Waals surface area contributed by atoms with Gasteiger partial charge in [0.05, 0.1) is 13.2 Å². The lowest BCUT2D eigenvalue weighted by Gasteiger charge is -2.18. The van der Waals surface area contributed by atoms with Gasteiger partial charge in [-0.3, -0.25) is 11.3 Å². The third-order valence-electron chi connectivity index (χ3n) is 2.86. The lowest BCUT2D eigenvalue weighted by molar-refractivity contribution is 0.412. The Kier molecular flexibility index (Phi) is 5.41. The summed E-state index contributed by atoms with van der Waals surface area (Å²) in [6.07, 6.45) is 0.820. The van der Waals surface area contributed by atoms with Crippen LogP contribution in [0.5, 0.6) is 5.75 Å². The number of ether oxygens (including phenoxy) is 1. The van der Waals surface area contributed by atoms with E-state index in [1.165, 1.54) is 4.88 Å². The normalized spacial score (nSPS) is 12.4. The van der Waals surface area contributed by atoms with Crippen molar-refractivity contribution in [3.63, 3.8) is 0 Å². The van der Waals surface area contributed by atoms with Gasteiger partial charge in [0.15, 0.2) is 0 Å². The second-order valence-electron chi connectivity index (χ2n) is 4.00. The van der Waals surface area contributed by atoms with Gasteiger partial charge in [-0.25, -0.2) is 0 Å². The third-order valence-corrected chi connectivity index (χ3v) is 5.53. The largest absolute Gasteiger partial charge is 0.497 e. The van der Waals surface area contributed by atoms with E-state index < -0.39 is 0 Å². The second kappa shape index (κ2) is 6.85. The Morgan fingerprint density at radius 2 is 2.11 bits per heavy atom. The van der Waals surface area contributed by atoms with Crippen molar-refractivity contribution in [1.82, 2.24) is 5.43 Å². The van der Waals surface area contributed by atoms with Crippen LogP contribution >= 0.6 is 43.2 Å². The minimum absolute atomic E-state index is 0.0272. The molecular formula is C13H14Br2N2OS. The SMILES string of the molecule is COc1ccc(Br)c(C(Cc2sccc2Br)NN)c1. The summed E-state index contributed by atoms with van der Waals surface area (Å²) in [6.45, 7) is 0. The summed E-state index contributed by atoms with van der Waals surface area (Å²) in [6, 6.07) is 7.97. The van der Waals surface area contributed by atoms with Gasteiger partial charge >= 0.3 is 0 Å². The molecule has 2 aromatic rings. The molecule has 102 valence electrons. The van der Waals surface area contributed by atoms with Crippen molar-refractivity contribution in [3.8, 4) is 5.75 Å². The molecule has 0 fully saturated rings. The highest BCUT2D eigenvalue weighted by Crippen LogP contribution is 2.32. The smallest absolute Gasteiger partial charge is 0.119 e. The van der Waals surface area contributed by atoms with Gasteiger partial charge < -0.3 is 4.74 Å². The lowest BCUT2D eigenvalue weighted by atomic mass is 10.0. The number of rotatable bonds is 5. The number of hydrogen-bond donors (Lipinski definition) is 2. The minimum atomic E-state index is 0.0272. The van der Waals surface area contributed by atoms with Crippen LogP contribution < -0.4 is 16.0 Å². The molecule has 0 aliphatic carbocycles. The van der Waals surface area contributed by atoms with Crippen LogP contribution in [-0.4, -0.2) is 7.11 Å². The third kappa shape index (κ3) is 3.58. The fourth-order valence-corrected chi connectivity index (χ4v) is 3.91. The van der Waals surface area contributed by atoms with Crippen LogP contribution in [0.1, 0.15) is 16.5 Å². The number of halogens is 2. The van der Waals surface area contributed by atoms with E-state index >= 15 is 0 Å². The van der Waals surface area contributed by atoms with Crippen molar-refractivity contribution in [2.45, 2.75) is 12.5 Å². The highest BCUT2D eigenvalue weighted by Gasteiger charge is 2.16. The van der Waals surface area contributed by atoms with Crippen LogP contribution in [0.2, 0.25) is 0 Å². The van der Waals surface area contributed by atoms with Gasteiger partial charge in [-0.2, -0.15) is 0 Å². The molecule has 6 heteroatoms. The average molecular weight is 406 g/mol. The van der Waals surface area contributed by atoms with Crippen molar-refractivity contribution >= 4 is 43.2 Å². The Balaban J connectivity index is 2.29. The van der Waals surface area contributed by atoms with Gasteiger partial charge in [0.1, 0.15) is 5.75 Å². The van der Waals surface area contributed by atoms with Crippen molar-refractivity contribution in [2.75, 3.05) is 7.11 Å². The first-order valence-corrected chi connectivity index (χ1v) is 8.13. The summed E-state index contributed by atoms with van der Waals surface area (Å²) in [5.41, 5.74) is 3.96. The number of nitrogens with one attached hydrogen (secondary N) is 1. The number of hydrogen-bond acceptors (Lipinski definition) is 4. The molecule has 1 atom stereocenters. The summed E-state index contributed by atoms with van der Waals surface area (Å²) < 4.78 is 7.41. The Bertz CT molecular complexity index is 559. The van der Waals surface area contributed by atoms with Crippen LogP contribution in [0, 0.1) is 0 Å². The maximum absolute atomic E-state index is 5.71. The highest BCUT2D eigenvalue weighted by molar-refractivity contribution is 9.10. The zero-order valence-electron chi connectivity index (χ0n) is 10.3. The van der Waals surface area contributed by atoms with Crippen LogP contribution in [0.15, 0.2) is 38.6 Å². The highest BCUT2D eigenvalue weighted by atomic mass is 79.9. The molecule has 0 aliphatic heterocycles. The molecule has 0 spiro atoms. The monoisotopic (exact) mass is 404 g/mol. The second-order valence-corrected chi connectivity index (χ2v) is 6.71. The first-order chi connectivity index (χ1) is 9.15. The molecular weight excluding hydrogens is 392 g/mol. The standard InChI is InChI=1S/C13H14Br2N2OS/c1-18-8-2-3-10(14)9(6-8)12(17-16)7-13-11(15)4-5-19-13/h2-6,12,17H,7,16H2,1H3. The number of methoxy groups -OCH3 is 1. The Hall–Kier alpha value is -0.400. The molecule has 0 radical (unpaired) electrons. The first-order valence-electron chi connectivity index (χ1n) is 5.67. The van der Waals surface area contributed by atoms with Gasteiger partial charge in [-0.05, 0) is 51.1 Å². The quantitative estimate of drug-likeness (QED) is 0.583. The van der Waals surface area contributed by atoms with E-state index in [2.05, 4.69) is 42.7 Å². The van der Waals surface area contributed by atoms with Crippen LogP contribution in [0.25, 0.3) is 0 Å². The molecule has 19 heavy (non-hydrogen) atoms. The van der Waals surface area contributed by atoms with Crippen molar-refractivity contribution < 1.29 is 4.74 Å². The molecule has 0 saturated heterocycles. The molecule has 0 amide bonds. The van der Waals surface area contributed by atoms with Crippen molar-refractivity contribution in [2.24, 2.45) is 5.84 Å². The number of hydrazine groups is 1. The Morgan fingerprint density at radius 1 is 1.32 bits per heavy atom. The van der Waals surface area contributed by atoms with Gasteiger partial charge in [-0.15, -0.1) is 11.3 Å². The Labute approximate surface area is 133 Å². The predicted octanol–water partition coefficient (Wildman–Crippen LogP) is 4.03. The molecule has 0 saturated carbocycles. The Morgan fingerprint density at radius 3 is 2.68 bits per heavy atom. The van der Waals surface area contributed by atoms with Crippen LogP contribution in [-0.2, 0) is 6.42 Å². The van der Waals surface area contributed by atoms with E-state index in [0.717, 1.165) is 26.7 Å². The molecule has 1 aromatic carbocycles. The molecule has 0 aliphatic rings. The number of benzene rings is 1. The summed E-state index contributed by atoms with van der Waals surface area (Å²) >= 11 is 8.83. The summed E-state index contributed by atoms with van der Waals surface area (Å²) in [7, 11) is 1.66. The molecule has 1 unspecified atom stereocenters. The fraction of sp³-hybridized carbons (Fsp3) is 0.231. The van der Waals surface area contributed by atoms with E-state index in [-0.39, 0.29) is 6.04 Å². The zero-order valence-corrected chi connectivity index (χ0v) is 14.3. The fourth-order valence-electron chi connectivity index (χ4n) is 1.83. The van der Waals surface area contributed by atoms with E-state index in [4.69, 9.17) is 10.6 Å².